The molecule has 6 heteroatoms. The van der Waals surface area contributed by atoms with Gasteiger partial charge in [0.25, 0.3) is 5.91 Å². The zero-order chi connectivity index (χ0) is 15.3. The zero-order valence-electron chi connectivity index (χ0n) is 11.9. The Kier molecular flexibility index (Phi) is 4.70. The molecule has 6 nitrogen and oxygen atoms in total. The normalized spacial score (nSPS) is 10.3. The molecule has 0 aliphatic carbocycles. The van der Waals surface area contributed by atoms with Crippen molar-refractivity contribution in [3.8, 4) is 6.07 Å². The molecular formula is C14H17N3O3. The quantitative estimate of drug-likeness (QED) is 0.795. The first-order valence-electron chi connectivity index (χ1n) is 6.01. The second-order valence-electron chi connectivity index (χ2n) is 5.17. The van der Waals surface area contributed by atoms with Crippen molar-refractivity contribution in [1.82, 2.24) is 10.4 Å². The molecule has 20 heavy (non-hydrogen) atoms. The molecule has 0 spiro atoms. The van der Waals surface area contributed by atoms with Crippen molar-refractivity contribution >= 4 is 12.0 Å². The Morgan fingerprint density at radius 1 is 1.25 bits per heavy atom. The summed E-state index contributed by atoms with van der Waals surface area (Å²) >= 11 is 0. The number of nitriles is 1. The fourth-order valence-electron chi connectivity index (χ4n) is 1.29. The van der Waals surface area contributed by atoms with E-state index in [1.54, 1.807) is 20.8 Å². The van der Waals surface area contributed by atoms with E-state index in [1.165, 1.54) is 31.3 Å². The standard InChI is InChI=1S/C14H17N3O3/c1-14(2,3)20-13(19)17(4)16-12(18)11-7-5-10(9-15)6-8-11/h5-8H,1-4H3,(H,16,18). The Labute approximate surface area is 117 Å². The van der Waals surface area contributed by atoms with Crippen LogP contribution >= 0.6 is 0 Å². The van der Waals surface area contributed by atoms with Gasteiger partial charge in [0.2, 0.25) is 0 Å². The van der Waals surface area contributed by atoms with Crippen molar-refractivity contribution in [3.63, 3.8) is 0 Å². The smallest absolute Gasteiger partial charge is 0.428 e. The van der Waals surface area contributed by atoms with Gasteiger partial charge in [-0.1, -0.05) is 0 Å². The van der Waals surface area contributed by atoms with Gasteiger partial charge in [-0.05, 0) is 45.0 Å². The summed E-state index contributed by atoms with van der Waals surface area (Å²) in [7, 11) is 1.40. The number of hydrogen-bond donors (Lipinski definition) is 1. The molecule has 0 radical (unpaired) electrons. The highest BCUT2D eigenvalue weighted by atomic mass is 16.6. The Hall–Kier alpha value is -2.55. The zero-order valence-corrected chi connectivity index (χ0v) is 11.9. The van der Waals surface area contributed by atoms with Crippen LogP contribution in [0.15, 0.2) is 24.3 Å². The van der Waals surface area contributed by atoms with E-state index in [4.69, 9.17) is 10.00 Å². The SMILES string of the molecule is CN(NC(=O)c1ccc(C#N)cc1)C(=O)OC(C)(C)C. The number of carbonyl (C=O) groups excluding carboxylic acids is 2. The third kappa shape index (κ3) is 4.61. The summed E-state index contributed by atoms with van der Waals surface area (Å²) in [6, 6.07) is 8.04. The number of nitrogens with zero attached hydrogens (tertiary/aromatic N) is 2. The molecule has 106 valence electrons. The average Bonchev–Trinajstić information content (AvgIpc) is 2.36. The van der Waals surface area contributed by atoms with Crippen LogP contribution in [0.3, 0.4) is 0 Å². The highest BCUT2D eigenvalue weighted by Gasteiger charge is 2.21. The van der Waals surface area contributed by atoms with E-state index >= 15 is 0 Å². The minimum atomic E-state index is -0.653. The summed E-state index contributed by atoms with van der Waals surface area (Å²) in [4.78, 5) is 23.6. The number of hydrogen-bond acceptors (Lipinski definition) is 4. The number of rotatable bonds is 1. The largest absolute Gasteiger partial charge is 0.442 e. The van der Waals surface area contributed by atoms with Crippen molar-refractivity contribution in [2.45, 2.75) is 26.4 Å². The second-order valence-corrected chi connectivity index (χ2v) is 5.17. The lowest BCUT2D eigenvalue weighted by molar-refractivity contribution is 0.0195. The van der Waals surface area contributed by atoms with Crippen LogP contribution in [-0.4, -0.2) is 29.7 Å². The van der Waals surface area contributed by atoms with Gasteiger partial charge in [-0.25, -0.2) is 9.80 Å². The topological polar surface area (TPSA) is 82.4 Å². The van der Waals surface area contributed by atoms with E-state index < -0.39 is 17.6 Å². The maximum absolute atomic E-state index is 11.9. The molecule has 0 bridgehead atoms. The number of ether oxygens (including phenoxy) is 1. The van der Waals surface area contributed by atoms with Crippen LogP contribution in [0, 0.1) is 11.3 Å². The predicted octanol–water partition coefficient (Wildman–Crippen LogP) is 2.07. The van der Waals surface area contributed by atoms with Gasteiger partial charge in [0, 0.05) is 12.6 Å². The highest BCUT2D eigenvalue weighted by molar-refractivity contribution is 5.94. The van der Waals surface area contributed by atoms with Crippen molar-refractivity contribution in [3.05, 3.63) is 35.4 Å². The molecule has 0 aliphatic heterocycles. The first kappa shape index (κ1) is 15.5. The molecule has 0 fully saturated rings. The van der Waals surface area contributed by atoms with Crippen LogP contribution in [0.5, 0.6) is 0 Å². The maximum atomic E-state index is 11.9. The summed E-state index contributed by atoms with van der Waals surface area (Å²) in [5, 5.41) is 9.65. The first-order valence-corrected chi connectivity index (χ1v) is 6.01. The summed E-state index contributed by atoms with van der Waals surface area (Å²) in [5.74, 6) is -0.456. The van der Waals surface area contributed by atoms with Gasteiger partial charge in [-0.2, -0.15) is 5.26 Å². The molecule has 0 saturated carbocycles. The number of amides is 2. The molecule has 0 saturated heterocycles. The number of carbonyl (C=O) groups is 2. The van der Waals surface area contributed by atoms with E-state index in [0.29, 0.717) is 11.1 Å². The molecule has 0 aromatic heterocycles. The average molecular weight is 275 g/mol. The summed E-state index contributed by atoms with van der Waals surface area (Å²) in [5.41, 5.74) is 2.57. The molecular weight excluding hydrogens is 258 g/mol. The Balaban J connectivity index is 2.65. The molecule has 1 aromatic carbocycles. The van der Waals surface area contributed by atoms with Gasteiger partial charge in [-0.3, -0.25) is 10.2 Å². The Bertz CT molecular complexity index is 538. The van der Waals surface area contributed by atoms with E-state index in [0.717, 1.165) is 5.01 Å². The molecule has 1 N–H and O–H groups in total. The molecule has 2 amide bonds. The lowest BCUT2D eigenvalue weighted by Crippen LogP contribution is -2.45. The molecule has 0 atom stereocenters. The van der Waals surface area contributed by atoms with E-state index in [9.17, 15) is 9.59 Å². The monoisotopic (exact) mass is 275 g/mol. The van der Waals surface area contributed by atoms with Crippen LogP contribution in [0.1, 0.15) is 36.7 Å². The van der Waals surface area contributed by atoms with Crippen LogP contribution in [0.25, 0.3) is 0 Å². The second kappa shape index (κ2) is 6.06. The Morgan fingerprint density at radius 3 is 2.25 bits per heavy atom. The van der Waals surface area contributed by atoms with Gasteiger partial charge >= 0.3 is 6.09 Å². The molecule has 0 heterocycles. The molecule has 0 unspecified atom stereocenters. The Morgan fingerprint density at radius 2 is 1.80 bits per heavy atom. The van der Waals surface area contributed by atoms with E-state index in [1.807, 2.05) is 6.07 Å². The van der Waals surface area contributed by atoms with Gasteiger partial charge in [-0.15, -0.1) is 0 Å². The van der Waals surface area contributed by atoms with Gasteiger partial charge in [0.1, 0.15) is 5.60 Å². The fourth-order valence-corrected chi connectivity index (χ4v) is 1.29. The number of benzene rings is 1. The third-order valence-electron chi connectivity index (χ3n) is 2.21. The summed E-state index contributed by atoms with van der Waals surface area (Å²) in [6.45, 7) is 5.21. The van der Waals surface area contributed by atoms with Crippen LogP contribution in [0.2, 0.25) is 0 Å². The fraction of sp³-hybridized carbons (Fsp3) is 0.357. The van der Waals surface area contributed by atoms with Crippen LogP contribution in [-0.2, 0) is 4.74 Å². The first-order chi connectivity index (χ1) is 9.23. The minimum Gasteiger partial charge on any atom is -0.442 e. The van der Waals surface area contributed by atoms with Crippen LogP contribution in [0.4, 0.5) is 4.79 Å². The van der Waals surface area contributed by atoms with Crippen molar-refractivity contribution in [2.24, 2.45) is 0 Å². The summed E-state index contributed by atoms with van der Waals surface area (Å²) in [6.07, 6.45) is -0.653. The van der Waals surface area contributed by atoms with Crippen molar-refractivity contribution < 1.29 is 14.3 Å². The molecule has 0 aliphatic rings. The highest BCUT2D eigenvalue weighted by Crippen LogP contribution is 2.09. The van der Waals surface area contributed by atoms with Crippen LogP contribution < -0.4 is 5.43 Å². The number of hydrazine groups is 1. The number of nitrogens with one attached hydrogen (secondary N) is 1. The van der Waals surface area contributed by atoms with Crippen molar-refractivity contribution in [1.29, 1.82) is 5.26 Å². The van der Waals surface area contributed by atoms with E-state index in [-0.39, 0.29) is 0 Å². The molecule has 1 aromatic rings. The predicted molar refractivity (Wildman–Crippen MR) is 72.6 cm³/mol. The lowest BCUT2D eigenvalue weighted by atomic mass is 10.1. The van der Waals surface area contributed by atoms with Gasteiger partial charge in [0.05, 0.1) is 11.6 Å². The van der Waals surface area contributed by atoms with Crippen molar-refractivity contribution in [2.75, 3.05) is 7.05 Å². The summed E-state index contributed by atoms with van der Waals surface area (Å²) < 4.78 is 5.10. The molecule has 1 rings (SSSR count). The third-order valence-corrected chi connectivity index (χ3v) is 2.21. The minimum absolute atomic E-state index is 0.347. The van der Waals surface area contributed by atoms with E-state index in [2.05, 4.69) is 5.43 Å². The lowest BCUT2D eigenvalue weighted by Gasteiger charge is -2.24. The van der Waals surface area contributed by atoms with Gasteiger partial charge < -0.3 is 4.74 Å². The van der Waals surface area contributed by atoms with Gasteiger partial charge in [0.15, 0.2) is 0 Å². The maximum Gasteiger partial charge on any atom is 0.428 e.